The van der Waals surface area contributed by atoms with Gasteiger partial charge in [0.2, 0.25) is 10.0 Å². The van der Waals surface area contributed by atoms with Crippen LogP contribution in [0.1, 0.15) is 26.7 Å². The van der Waals surface area contributed by atoms with Crippen molar-refractivity contribution < 1.29 is 23.1 Å². The lowest BCUT2D eigenvalue weighted by Crippen LogP contribution is -2.45. The van der Waals surface area contributed by atoms with Crippen LogP contribution in [0.3, 0.4) is 0 Å². The lowest BCUT2D eigenvalue weighted by atomic mass is 10.0. The molecule has 0 heterocycles. The maximum Gasteiger partial charge on any atom is 0.303 e. The zero-order chi connectivity index (χ0) is 12.8. The van der Waals surface area contributed by atoms with Crippen molar-refractivity contribution in [2.75, 3.05) is 19.5 Å². The van der Waals surface area contributed by atoms with Gasteiger partial charge in [0.05, 0.1) is 12.4 Å². The standard InChI is InChI=1S/C9H19NO5S/c1-9(2,5-4-8(11)12)10-16(13,14)7-6-15-3/h10H,4-7H2,1-3H3,(H,11,12). The summed E-state index contributed by atoms with van der Waals surface area (Å²) in [7, 11) is -2.00. The Morgan fingerprint density at radius 1 is 1.44 bits per heavy atom. The molecule has 0 radical (unpaired) electrons. The van der Waals surface area contributed by atoms with Crippen molar-refractivity contribution in [1.29, 1.82) is 0 Å². The van der Waals surface area contributed by atoms with Gasteiger partial charge in [0.1, 0.15) is 0 Å². The van der Waals surface area contributed by atoms with Crippen LogP contribution in [0.4, 0.5) is 0 Å². The van der Waals surface area contributed by atoms with Crippen molar-refractivity contribution >= 4 is 16.0 Å². The van der Waals surface area contributed by atoms with E-state index in [1.54, 1.807) is 13.8 Å². The molecule has 0 saturated carbocycles. The van der Waals surface area contributed by atoms with Gasteiger partial charge in [-0.1, -0.05) is 0 Å². The fourth-order valence-corrected chi connectivity index (χ4v) is 2.57. The second-order valence-corrected chi connectivity index (χ2v) is 6.03. The lowest BCUT2D eigenvalue weighted by molar-refractivity contribution is -0.137. The minimum Gasteiger partial charge on any atom is -0.481 e. The Bertz CT molecular complexity index is 323. The highest BCUT2D eigenvalue weighted by Crippen LogP contribution is 2.12. The van der Waals surface area contributed by atoms with Gasteiger partial charge in [0, 0.05) is 19.1 Å². The Labute approximate surface area is 96.0 Å². The summed E-state index contributed by atoms with van der Waals surface area (Å²) in [6, 6.07) is 0. The van der Waals surface area contributed by atoms with E-state index < -0.39 is 21.5 Å². The molecule has 0 aliphatic rings. The topological polar surface area (TPSA) is 92.7 Å². The number of hydrogen-bond acceptors (Lipinski definition) is 4. The molecule has 7 heteroatoms. The molecule has 0 aliphatic carbocycles. The Kier molecular flexibility index (Phi) is 5.91. The van der Waals surface area contributed by atoms with E-state index in [0.29, 0.717) is 0 Å². The SMILES string of the molecule is COCCS(=O)(=O)NC(C)(C)CCC(=O)O. The van der Waals surface area contributed by atoms with Gasteiger partial charge in [0.15, 0.2) is 0 Å². The van der Waals surface area contributed by atoms with Gasteiger partial charge in [-0.05, 0) is 20.3 Å². The van der Waals surface area contributed by atoms with Gasteiger partial charge in [-0.2, -0.15) is 0 Å². The van der Waals surface area contributed by atoms with Crippen LogP contribution in [-0.2, 0) is 19.6 Å². The van der Waals surface area contributed by atoms with Gasteiger partial charge in [-0.3, -0.25) is 4.79 Å². The van der Waals surface area contributed by atoms with Crippen molar-refractivity contribution in [2.24, 2.45) is 0 Å². The second-order valence-electron chi connectivity index (χ2n) is 4.19. The molecule has 0 aromatic carbocycles. The number of rotatable bonds is 8. The van der Waals surface area contributed by atoms with E-state index in [1.165, 1.54) is 7.11 Å². The molecule has 96 valence electrons. The zero-order valence-electron chi connectivity index (χ0n) is 9.82. The van der Waals surface area contributed by atoms with Crippen molar-refractivity contribution in [3.63, 3.8) is 0 Å². The van der Waals surface area contributed by atoms with E-state index in [2.05, 4.69) is 9.46 Å². The Balaban J connectivity index is 4.28. The summed E-state index contributed by atoms with van der Waals surface area (Å²) in [5, 5.41) is 8.52. The number of methoxy groups -OCH3 is 1. The summed E-state index contributed by atoms with van der Waals surface area (Å²) in [5.41, 5.74) is -0.759. The van der Waals surface area contributed by atoms with E-state index in [-0.39, 0.29) is 25.2 Å². The molecule has 6 nitrogen and oxygen atoms in total. The molecule has 0 aliphatic heterocycles. The van der Waals surface area contributed by atoms with Gasteiger partial charge in [-0.25, -0.2) is 13.1 Å². The highest BCUT2D eigenvalue weighted by atomic mass is 32.2. The maximum absolute atomic E-state index is 11.5. The minimum absolute atomic E-state index is 0.0696. The molecule has 0 aromatic rings. The quantitative estimate of drug-likeness (QED) is 0.644. The van der Waals surface area contributed by atoms with Crippen molar-refractivity contribution in [3.05, 3.63) is 0 Å². The van der Waals surface area contributed by atoms with Crippen LogP contribution in [0, 0.1) is 0 Å². The van der Waals surface area contributed by atoms with Crippen LogP contribution in [0.15, 0.2) is 0 Å². The smallest absolute Gasteiger partial charge is 0.303 e. The fraction of sp³-hybridized carbons (Fsp3) is 0.889. The Morgan fingerprint density at radius 3 is 2.44 bits per heavy atom. The number of carbonyl (C=O) groups is 1. The van der Waals surface area contributed by atoms with Crippen LogP contribution < -0.4 is 4.72 Å². The van der Waals surface area contributed by atoms with E-state index in [9.17, 15) is 13.2 Å². The van der Waals surface area contributed by atoms with Crippen LogP contribution in [0.5, 0.6) is 0 Å². The van der Waals surface area contributed by atoms with E-state index in [4.69, 9.17) is 5.11 Å². The summed E-state index contributed by atoms with van der Waals surface area (Å²) in [5.74, 6) is -1.07. The van der Waals surface area contributed by atoms with E-state index >= 15 is 0 Å². The van der Waals surface area contributed by atoms with Crippen molar-refractivity contribution in [1.82, 2.24) is 4.72 Å². The predicted octanol–water partition coefficient (Wildman–Crippen LogP) is 0.196. The molecule has 0 unspecified atom stereocenters. The van der Waals surface area contributed by atoms with E-state index in [0.717, 1.165) is 0 Å². The first-order valence-corrected chi connectivity index (χ1v) is 6.56. The monoisotopic (exact) mass is 253 g/mol. The van der Waals surface area contributed by atoms with Crippen LogP contribution in [0.2, 0.25) is 0 Å². The Hall–Kier alpha value is -0.660. The molecule has 0 atom stereocenters. The van der Waals surface area contributed by atoms with E-state index in [1.807, 2.05) is 0 Å². The largest absolute Gasteiger partial charge is 0.481 e. The molecule has 0 aromatic heterocycles. The highest BCUT2D eigenvalue weighted by molar-refractivity contribution is 7.89. The number of hydrogen-bond donors (Lipinski definition) is 2. The number of aliphatic carboxylic acids is 1. The van der Waals surface area contributed by atoms with Gasteiger partial charge in [0.25, 0.3) is 0 Å². The van der Waals surface area contributed by atoms with Crippen molar-refractivity contribution in [3.8, 4) is 0 Å². The van der Waals surface area contributed by atoms with Crippen LogP contribution >= 0.6 is 0 Å². The summed E-state index contributed by atoms with van der Waals surface area (Å²) in [4.78, 5) is 10.4. The first kappa shape index (κ1) is 15.3. The number of ether oxygens (including phenoxy) is 1. The first-order valence-electron chi connectivity index (χ1n) is 4.91. The number of carboxylic acids is 1. The summed E-state index contributed by atoms with van der Waals surface area (Å²) in [6.07, 6.45) is 0.175. The van der Waals surface area contributed by atoms with Gasteiger partial charge >= 0.3 is 5.97 Å². The average molecular weight is 253 g/mol. The summed E-state index contributed by atoms with van der Waals surface area (Å²) >= 11 is 0. The third-order valence-electron chi connectivity index (χ3n) is 1.95. The molecular weight excluding hydrogens is 234 g/mol. The zero-order valence-corrected chi connectivity index (χ0v) is 10.6. The third kappa shape index (κ3) is 7.61. The van der Waals surface area contributed by atoms with Crippen LogP contribution in [0.25, 0.3) is 0 Å². The molecule has 0 rings (SSSR count). The second kappa shape index (κ2) is 6.17. The molecule has 16 heavy (non-hydrogen) atoms. The number of nitrogens with one attached hydrogen (secondary N) is 1. The van der Waals surface area contributed by atoms with Gasteiger partial charge in [-0.15, -0.1) is 0 Å². The fourth-order valence-electron chi connectivity index (χ4n) is 1.14. The highest BCUT2D eigenvalue weighted by Gasteiger charge is 2.25. The predicted molar refractivity (Wildman–Crippen MR) is 59.7 cm³/mol. The molecular formula is C9H19NO5S. The first-order chi connectivity index (χ1) is 7.18. The van der Waals surface area contributed by atoms with Crippen molar-refractivity contribution in [2.45, 2.75) is 32.2 Å². The molecule has 0 bridgehead atoms. The normalized spacial score (nSPS) is 12.7. The maximum atomic E-state index is 11.5. The molecule has 0 amide bonds. The number of carboxylic acid groups (broad SMARTS) is 1. The van der Waals surface area contributed by atoms with Gasteiger partial charge < -0.3 is 9.84 Å². The van der Waals surface area contributed by atoms with Crippen LogP contribution in [-0.4, -0.2) is 44.5 Å². The Morgan fingerprint density at radius 2 is 2.00 bits per heavy atom. The lowest BCUT2D eigenvalue weighted by Gasteiger charge is -2.25. The molecule has 2 N–H and O–H groups in total. The molecule has 0 fully saturated rings. The molecule has 0 saturated heterocycles. The molecule has 0 spiro atoms. The minimum atomic E-state index is -3.42. The average Bonchev–Trinajstić information content (AvgIpc) is 2.10. The summed E-state index contributed by atoms with van der Waals surface area (Å²) in [6.45, 7) is 3.42. The third-order valence-corrected chi connectivity index (χ3v) is 3.52. The number of sulfonamides is 1. The summed E-state index contributed by atoms with van der Waals surface area (Å²) < 4.78 is 30.2.